The van der Waals surface area contributed by atoms with Crippen LogP contribution in [-0.4, -0.2) is 4.92 Å². The van der Waals surface area contributed by atoms with Crippen LogP contribution < -0.4 is 5.32 Å². The van der Waals surface area contributed by atoms with E-state index in [1.54, 1.807) is 12.1 Å². The highest BCUT2D eigenvalue weighted by Gasteiger charge is 2.41. The molecule has 0 radical (unpaired) electrons. The summed E-state index contributed by atoms with van der Waals surface area (Å²) in [4.78, 5) is 11.2. The van der Waals surface area contributed by atoms with Crippen molar-refractivity contribution in [2.45, 2.75) is 32.2 Å². The number of aryl methyl sites for hydroxylation is 2. The molecule has 0 bridgehead atoms. The van der Waals surface area contributed by atoms with Gasteiger partial charge >= 0.3 is 0 Å². The summed E-state index contributed by atoms with van der Waals surface area (Å²) < 4.78 is 0. The van der Waals surface area contributed by atoms with E-state index in [-0.39, 0.29) is 16.7 Å². The molecule has 2 aromatic rings. The number of nitrogens with zero attached hydrogens (tertiary/aromatic N) is 1. The third-order valence-electron chi connectivity index (χ3n) is 5.41. The molecule has 0 unspecified atom stereocenters. The molecular formula is C20H20N2O2. The van der Waals surface area contributed by atoms with E-state index in [1.165, 1.54) is 16.7 Å². The highest BCUT2D eigenvalue weighted by atomic mass is 16.6. The number of nitro groups is 1. The number of rotatable bonds is 2. The number of para-hydroxylation sites is 1. The van der Waals surface area contributed by atoms with Crippen LogP contribution in [0.2, 0.25) is 0 Å². The molecule has 0 saturated heterocycles. The first-order valence-electron chi connectivity index (χ1n) is 8.34. The molecule has 4 nitrogen and oxygen atoms in total. The molecule has 0 spiro atoms. The number of hydrogen-bond donors (Lipinski definition) is 1. The molecule has 1 aliphatic carbocycles. The monoisotopic (exact) mass is 320 g/mol. The fraction of sp³-hybridized carbons (Fsp3) is 0.300. The topological polar surface area (TPSA) is 55.2 Å². The van der Waals surface area contributed by atoms with Gasteiger partial charge in [0.2, 0.25) is 0 Å². The van der Waals surface area contributed by atoms with Gasteiger partial charge in [-0.15, -0.1) is 0 Å². The minimum atomic E-state index is -0.271. The molecule has 3 atom stereocenters. The van der Waals surface area contributed by atoms with Crippen molar-refractivity contribution in [3.05, 3.63) is 80.9 Å². The Labute approximate surface area is 141 Å². The second-order valence-corrected chi connectivity index (χ2v) is 6.78. The molecular weight excluding hydrogens is 300 g/mol. The minimum Gasteiger partial charge on any atom is -0.377 e. The largest absolute Gasteiger partial charge is 0.377 e. The minimum absolute atomic E-state index is 0.0420. The third kappa shape index (κ3) is 2.13. The Balaban J connectivity index is 1.88. The molecule has 0 fully saturated rings. The van der Waals surface area contributed by atoms with E-state index in [0.717, 1.165) is 17.7 Å². The molecule has 122 valence electrons. The molecule has 24 heavy (non-hydrogen) atoms. The van der Waals surface area contributed by atoms with Crippen molar-refractivity contribution in [2.24, 2.45) is 5.92 Å². The van der Waals surface area contributed by atoms with E-state index in [4.69, 9.17) is 0 Å². The number of benzene rings is 2. The number of fused-ring (bicyclic) bond motifs is 3. The first kappa shape index (κ1) is 14.9. The second kappa shape index (κ2) is 5.48. The smallest absolute Gasteiger partial charge is 0.274 e. The van der Waals surface area contributed by atoms with Crippen molar-refractivity contribution in [1.29, 1.82) is 0 Å². The lowest BCUT2D eigenvalue weighted by Gasteiger charge is -2.39. The molecule has 1 heterocycles. The van der Waals surface area contributed by atoms with Gasteiger partial charge in [0.05, 0.1) is 16.5 Å². The van der Waals surface area contributed by atoms with E-state index < -0.39 is 0 Å². The zero-order valence-electron chi connectivity index (χ0n) is 13.8. The second-order valence-electron chi connectivity index (χ2n) is 6.78. The van der Waals surface area contributed by atoms with Crippen molar-refractivity contribution >= 4 is 11.4 Å². The maximum absolute atomic E-state index is 11.5. The average Bonchev–Trinajstić information content (AvgIpc) is 3.06. The third-order valence-corrected chi connectivity index (χ3v) is 5.41. The highest BCUT2D eigenvalue weighted by molar-refractivity contribution is 5.67. The zero-order chi connectivity index (χ0) is 16.8. The SMILES string of the molecule is Cc1ccc(C)c2c1N[C@H](c1ccccc1[N+](=O)[O-])[C@H]1CC=C[C@@H]21. The van der Waals surface area contributed by atoms with Crippen LogP contribution in [0.3, 0.4) is 0 Å². The van der Waals surface area contributed by atoms with Crippen molar-refractivity contribution in [3.63, 3.8) is 0 Å². The van der Waals surface area contributed by atoms with Crippen LogP contribution in [0, 0.1) is 29.9 Å². The number of anilines is 1. The Hall–Kier alpha value is -2.62. The van der Waals surface area contributed by atoms with Gasteiger partial charge in [0.25, 0.3) is 5.69 Å². The number of hydrogen-bond acceptors (Lipinski definition) is 3. The number of allylic oxidation sites excluding steroid dienone is 2. The first-order chi connectivity index (χ1) is 11.6. The first-order valence-corrected chi connectivity index (χ1v) is 8.34. The fourth-order valence-corrected chi connectivity index (χ4v) is 4.27. The van der Waals surface area contributed by atoms with Crippen LogP contribution in [0.4, 0.5) is 11.4 Å². The van der Waals surface area contributed by atoms with Gasteiger partial charge in [-0.05, 0) is 42.9 Å². The normalized spacial score (nSPS) is 24.2. The van der Waals surface area contributed by atoms with E-state index in [0.29, 0.717) is 11.8 Å². The predicted molar refractivity (Wildman–Crippen MR) is 95.4 cm³/mol. The van der Waals surface area contributed by atoms with Crippen molar-refractivity contribution in [1.82, 2.24) is 0 Å². The van der Waals surface area contributed by atoms with E-state index in [9.17, 15) is 10.1 Å². The highest BCUT2D eigenvalue weighted by Crippen LogP contribution is 2.52. The van der Waals surface area contributed by atoms with Gasteiger partial charge in [-0.2, -0.15) is 0 Å². The van der Waals surface area contributed by atoms with Crippen LogP contribution in [0.5, 0.6) is 0 Å². The molecule has 0 aromatic heterocycles. The molecule has 2 aromatic carbocycles. The maximum atomic E-state index is 11.5. The van der Waals surface area contributed by atoms with Crippen LogP contribution in [0.15, 0.2) is 48.6 Å². The van der Waals surface area contributed by atoms with Gasteiger partial charge < -0.3 is 5.32 Å². The van der Waals surface area contributed by atoms with Crippen LogP contribution in [0.25, 0.3) is 0 Å². The standard InChI is InChI=1S/C20H20N2O2/c1-12-10-11-13(2)19-18(12)14-7-5-8-15(14)20(21-19)16-6-3-4-9-17(16)22(23)24/h3-7,9-11,14-15,20-21H,8H2,1-2H3/t14-,15+,20+/m1/s1. The Kier molecular flexibility index (Phi) is 3.41. The Morgan fingerprint density at radius 3 is 2.67 bits per heavy atom. The molecule has 1 N–H and O–H groups in total. The summed E-state index contributed by atoms with van der Waals surface area (Å²) in [6.45, 7) is 4.25. The predicted octanol–water partition coefficient (Wildman–Crippen LogP) is 5.04. The summed E-state index contributed by atoms with van der Waals surface area (Å²) >= 11 is 0. The summed E-state index contributed by atoms with van der Waals surface area (Å²) in [7, 11) is 0. The summed E-state index contributed by atoms with van der Waals surface area (Å²) in [6.07, 6.45) is 5.44. The number of nitrogens with one attached hydrogen (secondary N) is 1. The average molecular weight is 320 g/mol. The summed E-state index contributed by atoms with van der Waals surface area (Å²) in [5, 5.41) is 15.1. The fourth-order valence-electron chi connectivity index (χ4n) is 4.27. The van der Waals surface area contributed by atoms with Crippen molar-refractivity contribution < 1.29 is 4.92 Å². The molecule has 4 rings (SSSR count). The molecule has 0 saturated carbocycles. The van der Waals surface area contributed by atoms with Crippen LogP contribution >= 0.6 is 0 Å². The van der Waals surface area contributed by atoms with Gasteiger partial charge in [-0.1, -0.05) is 42.5 Å². The maximum Gasteiger partial charge on any atom is 0.274 e. The number of nitro benzene ring substituents is 1. The quantitative estimate of drug-likeness (QED) is 0.479. The zero-order valence-corrected chi connectivity index (χ0v) is 13.8. The van der Waals surface area contributed by atoms with E-state index in [2.05, 4.69) is 43.4 Å². The lowest BCUT2D eigenvalue weighted by Crippen LogP contribution is -2.30. The Morgan fingerprint density at radius 1 is 1.12 bits per heavy atom. The Bertz CT molecular complexity index is 857. The molecule has 0 amide bonds. The van der Waals surface area contributed by atoms with Gasteiger partial charge in [0.15, 0.2) is 0 Å². The molecule has 2 aliphatic rings. The van der Waals surface area contributed by atoms with Gasteiger partial charge in [-0.3, -0.25) is 10.1 Å². The lowest BCUT2D eigenvalue weighted by molar-refractivity contribution is -0.385. The van der Waals surface area contributed by atoms with E-state index in [1.807, 2.05) is 12.1 Å². The summed E-state index contributed by atoms with van der Waals surface area (Å²) in [6, 6.07) is 11.4. The van der Waals surface area contributed by atoms with Crippen LogP contribution in [-0.2, 0) is 0 Å². The van der Waals surface area contributed by atoms with Crippen LogP contribution in [0.1, 0.15) is 40.6 Å². The van der Waals surface area contributed by atoms with E-state index >= 15 is 0 Å². The molecule has 1 aliphatic heterocycles. The molecule has 4 heteroatoms. The van der Waals surface area contributed by atoms with Crippen molar-refractivity contribution in [3.8, 4) is 0 Å². The summed E-state index contributed by atoms with van der Waals surface area (Å²) in [5.74, 6) is 0.644. The van der Waals surface area contributed by atoms with Gasteiger partial charge in [0.1, 0.15) is 0 Å². The van der Waals surface area contributed by atoms with Gasteiger partial charge in [0, 0.05) is 17.7 Å². The lowest BCUT2D eigenvalue weighted by atomic mass is 9.74. The Morgan fingerprint density at radius 2 is 1.88 bits per heavy atom. The van der Waals surface area contributed by atoms with Gasteiger partial charge in [-0.25, -0.2) is 0 Å². The van der Waals surface area contributed by atoms with Crippen molar-refractivity contribution in [2.75, 3.05) is 5.32 Å². The summed E-state index contributed by atoms with van der Waals surface area (Å²) in [5.41, 5.74) is 5.96.